The molecule has 0 bridgehead atoms. The van der Waals surface area contributed by atoms with Crippen molar-refractivity contribution in [2.45, 2.75) is 45.6 Å². The van der Waals surface area contributed by atoms with Crippen molar-refractivity contribution in [1.29, 1.82) is 0 Å². The maximum atomic E-state index is 9.03. The van der Waals surface area contributed by atoms with E-state index in [0.717, 1.165) is 19.4 Å². The Morgan fingerprint density at radius 1 is 1.44 bits per heavy atom. The lowest BCUT2D eigenvalue weighted by molar-refractivity contribution is 0.245. The molecule has 3 N–H and O–H groups in total. The van der Waals surface area contributed by atoms with Gasteiger partial charge in [-0.1, -0.05) is 13.8 Å². The summed E-state index contributed by atoms with van der Waals surface area (Å²) in [6, 6.07) is 0.611. The molecule has 0 aromatic rings. The summed E-state index contributed by atoms with van der Waals surface area (Å²) in [5.41, 5.74) is 5.95. The molecule has 0 heterocycles. The highest BCUT2D eigenvalue weighted by Gasteiger charge is 2.27. The zero-order valence-electron chi connectivity index (χ0n) is 11.8. The molecule has 1 atom stereocenters. The highest BCUT2D eigenvalue weighted by atomic mass is 127. The van der Waals surface area contributed by atoms with Gasteiger partial charge >= 0.3 is 0 Å². The van der Waals surface area contributed by atoms with Crippen molar-refractivity contribution >= 4 is 29.9 Å². The molecular formula is C13H28IN3O. The Bertz CT molecular complexity index is 255. The molecule has 0 aliphatic heterocycles. The van der Waals surface area contributed by atoms with Gasteiger partial charge in [0.2, 0.25) is 0 Å². The van der Waals surface area contributed by atoms with Crippen LogP contribution in [-0.4, -0.2) is 42.2 Å². The summed E-state index contributed by atoms with van der Waals surface area (Å²) in [7, 11) is 2.01. The number of nitrogens with zero attached hydrogens (tertiary/aromatic N) is 2. The van der Waals surface area contributed by atoms with Gasteiger partial charge in [0.1, 0.15) is 0 Å². The van der Waals surface area contributed by atoms with Crippen LogP contribution in [0.1, 0.15) is 39.5 Å². The monoisotopic (exact) mass is 369 g/mol. The van der Waals surface area contributed by atoms with E-state index in [4.69, 9.17) is 10.8 Å². The third-order valence-corrected chi connectivity index (χ3v) is 3.31. The average Bonchev–Trinajstić information content (AvgIpc) is 3.07. The molecule has 1 saturated carbocycles. The quantitative estimate of drug-likeness (QED) is 0.410. The number of aliphatic hydroxyl groups is 1. The summed E-state index contributed by atoms with van der Waals surface area (Å²) in [6.07, 6.45) is 4.39. The fourth-order valence-corrected chi connectivity index (χ4v) is 2.12. The summed E-state index contributed by atoms with van der Waals surface area (Å²) in [5, 5.41) is 9.03. The zero-order valence-corrected chi connectivity index (χ0v) is 14.1. The summed E-state index contributed by atoms with van der Waals surface area (Å²) in [4.78, 5) is 6.54. The Kier molecular flexibility index (Phi) is 8.94. The number of aliphatic imine (C=N–C) groups is 1. The van der Waals surface area contributed by atoms with E-state index in [1.807, 2.05) is 7.05 Å². The third kappa shape index (κ3) is 6.78. The second kappa shape index (κ2) is 8.96. The molecule has 108 valence electrons. The maximum Gasteiger partial charge on any atom is 0.191 e. The molecule has 18 heavy (non-hydrogen) atoms. The van der Waals surface area contributed by atoms with Crippen LogP contribution in [0, 0.1) is 11.8 Å². The van der Waals surface area contributed by atoms with E-state index in [1.165, 1.54) is 12.8 Å². The number of rotatable bonds is 7. The summed E-state index contributed by atoms with van der Waals surface area (Å²) in [6.45, 7) is 5.38. The van der Waals surface area contributed by atoms with Crippen molar-refractivity contribution in [1.82, 2.24) is 4.90 Å². The van der Waals surface area contributed by atoms with Gasteiger partial charge in [0.25, 0.3) is 0 Å². The van der Waals surface area contributed by atoms with Crippen LogP contribution in [0.4, 0.5) is 0 Å². The average molecular weight is 369 g/mol. The molecule has 0 radical (unpaired) electrons. The predicted octanol–water partition coefficient (Wildman–Crippen LogP) is 2.06. The van der Waals surface area contributed by atoms with Crippen molar-refractivity contribution in [2.24, 2.45) is 22.6 Å². The van der Waals surface area contributed by atoms with Crippen molar-refractivity contribution in [2.75, 3.05) is 20.2 Å². The molecule has 1 aliphatic carbocycles. The Balaban J connectivity index is 0.00000289. The molecular weight excluding hydrogens is 341 g/mol. The second-order valence-corrected chi connectivity index (χ2v) is 5.55. The van der Waals surface area contributed by atoms with E-state index in [-0.39, 0.29) is 30.6 Å². The van der Waals surface area contributed by atoms with Crippen molar-refractivity contribution in [3.63, 3.8) is 0 Å². The van der Waals surface area contributed by atoms with Gasteiger partial charge in [0, 0.05) is 26.2 Å². The lowest BCUT2D eigenvalue weighted by atomic mass is 9.94. The van der Waals surface area contributed by atoms with Crippen LogP contribution in [0.5, 0.6) is 0 Å². The van der Waals surface area contributed by atoms with Crippen LogP contribution in [-0.2, 0) is 0 Å². The molecule has 0 aromatic carbocycles. The number of aliphatic hydroxyl groups excluding tert-OH is 1. The first-order valence-electron chi connectivity index (χ1n) is 6.68. The minimum atomic E-state index is 0. The fraction of sp³-hybridized carbons (Fsp3) is 0.923. The van der Waals surface area contributed by atoms with Crippen molar-refractivity contribution in [3.05, 3.63) is 0 Å². The first kappa shape index (κ1) is 18.0. The first-order valence-corrected chi connectivity index (χ1v) is 6.68. The van der Waals surface area contributed by atoms with Crippen LogP contribution >= 0.6 is 24.0 Å². The zero-order chi connectivity index (χ0) is 12.8. The number of hydrogen-bond donors (Lipinski definition) is 2. The van der Waals surface area contributed by atoms with Crippen LogP contribution in [0.2, 0.25) is 0 Å². The van der Waals surface area contributed by atoms with E-state index in [2.05, 4.69) is 23.7 Å². The third-order valence-electron chi connectivity index (χ3n) is 3.31. The van der Waals surface area contributed by atoms with Gasteiger partial charge in [-0.15, -0.1) is 24.0 Å². The molecule has 1 rings (SSSR count). The normalized spacial score (nSPS) is 17.5. The van der Waals surface area contributed by atoms with Gasteiger partial charge < -0.3 is 15.7 Å². The molecule has 5 heteroatoms. The van der Waals surface area contributed by atoms with Crippen molar-refractivity contribution < 1.29 is 5.11 Å². The maximum absolute atomic E-state index is 9.03. The van der Waals surface area contributed by atoms with Gasteiger partial charge in [-0.3, -0.25) is 4.99 Å². The topological polar surface area (TPSA) is 61.9 Å². The van der Waals surface area contributed by atoms with Crippen LogP contribution in [0.15, 0.2) is 4.99 Å². The summed E-state index contributed by atoms with van der Waals surface area (Å²) in [5.74, 6) is 1.74. The smallest absolute Gasteiger partial charge is 0.191 e. The molecule has 1 fully saturated rings. The second-order valence-electron chi connectivity index (χ2n) is 5.55. The first-order chi connectivity index (χ1) is 8.04. The van der Waals surface area contributed by atoms with Gasteiger partial charge in [0.15, 0.2) is 5.96 Å². The Labute approximate surface area is 128 Å². The number of halogens is 1. The fourth-order valence-electron chi connectivity index (χ4n) is 2.12. The molecule has 0 amide bonds. The molecule has 0 spiro atoms. The van der Waals surface area contributed by atoms with Crippen LogP contribution in [0.3, 0.4) is 0 Å². The lowest BCUT2D eigenvalue weighted by Gasteiger charge is -2.20. The van der Waals surface area contributed by atoms with E-state index >= 15 is 0 Å². The minimum Gasteiger partial charge on any atom is -0.396 e. The van der Waals surface area contributed by atoms with Gasteiger partial charge in [-0.2, -0.15) is 0 Å². The number of guanidine groups is 1. The van der Waals surface area contributed by atoms with Gasteiger partial charge in [0.05, 0.1) is 0 Å². The lowest BCUT2D eigenvalue weighted by Crippen LogP contribution is -2.36. The van der Waals surface area contributed by atoms with Crippen LogP contribution in [0.25, 0.3) is 0 Å². The van der Waals surface area contributed by atoms with E-state index < -0.39 is 0 Å². The standard InChI is InChI=1S/C13H27N3O.HI/c1-10(2)8-11(6-7-17)9-15-13(14)16(3)12-4-5-12;/h10-12,17H,4-9H2,1-3H3,(H2,14,15);1H. The molecule has 1 unspecified atom stereocenters. The van der Waals surface area contributed by atoms with Gasteiger partial charge in [-0.05, 0) is 37.5 Å². The van der Waals surface area contributed by atoms with E-state index in [1.54, 1.807) is 0 Å². The van der Waals surface area contributed by atoms with E-state index in [9.17, 15) is 0 Å². The SMILES string of the molecule is CC(C)CC(CCO)CN=C(N)N(C)C1CC1.I. The van der Waals surface area contributed by atoms with E-state index in [0.29, 0.717) is 23.8 Å². The Hall–Kier alpha value is -0.0400. The number of nitrogens with two attached hydrogens (primary N) is 1. The number of hydrogen-bond acceptors (Lipinski definition) is 2. The predicted molar refractivity (Wildman–Crippen MR) is 87.3 cm³/mol. The molecule has 0 saturated heterocycles. The minimum absolute atomic E-state index is 0. The molecule has 1 aliphatic rings. The summed E-state index contributed by atoms with van der Waals surface area (Å²) >= 11 is 0. The Morgan fingerprint density at radius 2 is 2.06 bits per heavy atom. The summed E-state index contributed by atoms with van der Waals surface area (Å²) < 4.78 is 0. The largest absolute Gasteiger partial charge is 0.396 e. The molecule has 4 nitrogen and oxygen atoms in total. The van der Waals surface area contributed by atoms with Crippen LogP contribution < -0.4 is 5.73 Å². The van der Waals surface area contributed by atoms with Crippen molar-refractivity contribution in [3.8, 4) is 0 Å². The highest BCUT2D eigenvalue weighted by Crippen LogP contribution is 2.25. The Morgan fingerprint density at radius 3 is 2.50 bits per heavy atom. The highest BCUT2D eigenvalue weighted by molar-refractivity contribution is 14.0. The van der Waals surface area contributed by atoms with Gasteiger partial charge in [-0.25, -0.2) is 0 Å². The molecule has 0 aromatic heterocycles.